The quantitative estimate of drug-likeness (QED) is 0.921. The Labute approximate surface area is 139 Å². The molecule has 3 rings (SSSR count). The zero-order chi connectivity index (χ0) is 16.1. The van der Waals surface area contributed by atoms with Crippen LogP contribution in [0, 0.1) is 6.92 Å². The van der Waals surface area contributed by atoms with Crippen molar-refractivity contribution in [2.45, 2.75) is 13.0 Å². The van der Waals surface area contributed by atoms with Gasteiger partial charge in [-0.25, -0.2) is 0 Å². The van der Waals surface area contributed by atoms with E-state index < -0.39 is 0 Å². The van der Waals surface area contributed by atoms with Crippen molar-refractivity contribution in [3.8, 4) is 0 Å². The number of nitrogens with two attached hydrogens (primary N) is 1. The van der Waals surface area contributed by atoms with E-state index in [9.17, 15) is 0 Å². The molecule has 0 saturated carbocycles. The van der Waals surface area contributed by atoms with E-state index in [1.165, 1.54) is 16.7 Å². The number of piperazine rings is 1. The standard InChI is InChI=1S/C20H27N3/c1-17-7-9-19(10-8-17)20(18-5-3-2-4-6-18)23-15-13-22(12-11-21)14-16-23/h2-10,20H,11-16,21H2,1H3. The van der Waals surface area contributed by atoms with Crippen molar-refractivity contribution in [3.63, 3.8) is 0 Å². The normalized spacial score (nSPS) is 18.0. The van der Waals surface area contributed by atoms with Crippen LogP contribution >= 0.6 is 0 Å². The van der Waals surface area contributed by atoms with Gasteiger partial charge in [0, 0.05) is 39.3 Å². The van der Waals surface area contributed by atoms with Crippen molar-refractivity contribution in [1.82, 2.24) is 9.80 Å². The zero-order valence-corrected chi connectivity index (χ0v) is 14.0. The number of nitrogens with zero attached hydrogens (tertiary/aromatic N) is 2. The summed E-state index contributed by atoms with van der Waals surface area (Å²) in [5, 5.41) is 0. The lowest BCUT2D eigenvalue weighted by atomic mass is 9.95. The minimum Gasteiger partial charge on any atom is -0.329 e. The molecular weight excluding hydrogens is 282 g/mol. The van der Waals surface area contributed by atoms with E-state index in [1.54, 1.807) is 0 Å². The summed E-state index contributed by atoms with van der Waals surface area (Å²) < 4.78 is 0. The van der Waals surface area contributed by atoms with Crippen LogP contribution in [0.3, 0.4) is 0 Å². The van der Waals surface area contributed by atoms with Crippen molar-refractivity contribution in [2.24, 2.45) is 5.73 Å². The molecule has 0 amide bonds. The fourth-order valence-corrected chi connectivity index (χ4v) is 3.43. The van der Waals surface area contributed by atoms with Crippen LogP contribution in [0.5, 0.6) is 0 Å². The molecule has 23 heavy (non-hydrogen) atoms. The van der Waals surface area contributed by atoms with E-state index in [0.29, 0.717) is 6.04 Å². The molecule has 122 valence electrons. The number of hydrogen-bond acceptors (Lipinski definition) is 3. The topological polar surface area (TPSA) is 32.5 Å². The van der Waals surface area contributed by atoms with Crippen LogP contribution in [-0.2, 0) is 0 Å². The van der Waals surface area contributed by atoms with Crippen LogP contribution in [0.25, 0.3) is 0 Å². The molecule has 2 aromatic rings. The van der Waals surface area contributed by atoms with E-state index in [1.807, 2.05) is 0 Å². The number of rotatable bonds is 5. The largest absolute Gasteiger partial charge is 0.329 e. The van der Waals surface area contributed by atoms with Gasteiger partial charge in [-0.3, -0.25) is 9.80 Å². The second kappa shape index (κ2) is 7.73. The molecule has 1 unspecified atom stereocenters. The Balaban J connectivity index is 1.83. The molecule has 1 heterocycles. The highest BCUT2D eigenvalue weighted by molar-refractivity contribution is 5.33. The minimum atomic E-state index is 0.344. The van der Waals surface area contributed by atoms with Crippen LogP contribution in [0.15, 0.2) is 54.6 Å². The van der Waals surface area contributed by atoms with E-state index in [0.717, 1.165) is 39.3 Å². The molecule has 1 aliphatic heterocycles. The van der Waals surface area contributed by atoms with Gasteiger partial charge in [0.1, 0.15) is 0 Å². The second-order valence-electron chi connectivity index (χ2n) is 6.39. The van der Waals surface area contributed by atoms with E-state index in [-0.39, 0.29) is 0 Å². The summed E-state index contributed by atoms with van der Waals surface area (Å²) in [4.78, 5) is 5.07. The third-order valence-electron chi connectivity index (χ3n) is 4.73. The summed E-state index contributed by atoms with van der Waals surface area (Å²) in [7, 11) is 0. The Hall–Kier alpha value is -1.68. The summed E-state index contributed by atoms with van der Waals surface area (Å²) in [5.41, 5.74) is 9.77. The van der Waals surface area contributed by atoms with Crippen LogP contribution < -0.4 is 5.73 Å². The predicted molar refractivity (Wildman–Crippen MR) is 96.5 cm³/mol. The summed E-state index contributed by atoms with van der Waals surface area (Å²) in [6, 6.07) is 20.2. The van der Waals surface area contributed by atoms with Crippen molar-refractivity contribution >= 4 is 0 Å². The lowest BCUT2D eigenvalue weighted by Gasteiger charge is -2.39. The van der Waals surface area contributed by atoms with Gasteiger partial charge in [0.15, 0.2) is 0 Å². The first kappa shape index (κ1) is 16.2. The maximum atomic E-state index is 5.69. The number of hydrogen-bond donors (Lipinski definition) is 1. The van der Waals surface area contributed by atoms with E-state index >= 15 is 0 Å². The lowest BCUT2D eigenvalue weighted by molar-refractivity contribution is 0.111. The second-order valence-corrected chi connectivity index (χ2v) is 6.39. The molecule has 0 aliphatic carbocycles. The summed E-state index contributed by atoms with van der Waals surface area (Å²) >= 11 is 0. The van der Waals surface area contributed by atoms with Gasteiger partial charge in [0.05, 0.1) is 6.04 Å². The third-order valence-corrected chi connectivity index (χ3v) is 4.73. The van der Waals surface area contributed by atoms with Gasteiger partial charge in [-0.2, -0.15) is 0 Å². The fraction of sp³-hybridized carbons (Fsp3) is 0.400. The van der Waals surface area contributed by atoms with Crippen LogP contribution in [0.1, 0.15) is 22.7 Å². The summed E-state index contributed by atoms with van der Waals surface area (Å²) in [5.74, 6) is 0. The van der Waals surface area contributed by atoms with Crippen molar-refractivity contribution < 1.29 is 0 Å². The van der Waals surface area contributed by atoms with E-state index in [2.05, 4.69) is 71.3 Å². The number of aryl methyl sites for hydroxylation is 1. The Morgan fingerprint density at radius 2 is 1.48 bits per heavy atom. The SMILES string of the molecule is Cc1ccc(C(c2ccccc2)N2CCN(CCN)CC2)cc1. The smallest absolute Gasteiger partial charge is 0.0602 e. The molecule has 1 fully saturated rings. The monoisotopic (exact) mass is 309 g/mol. The molecule has 2 N–H and O–H groups in total. The maximum absolute atomic E-state index is 5.69. The van der Waals surface area contributed by atoms with Gasteiger partial charge in [0.25, 0.3) is 0 Å². The Morgan fingerprint density at radius 1 is 0.870 bits per heavy atom. The average molecular weight is 309 g/mol. The molecule has 0 aromatic heterocycles. The Morgan fingerprint density at radius 3 is 2.09 bits per heavy atom. The zero-order valence-electron chi connectivity index (χ0n) is 14.0. The molecule has 0 radical (unpaired) electrons. The van der Waals surface area contributed by atoms with Crippen LogP contribution in [-0.4, -0.2) is 49.1 Å². The van der Waals surface area contributed by atoms with Crippen LogP contribution in [0.4, 0.5) is 0 Å². The Bertz CT molecular complexity index is 586. The predicted octanol–water partition coefficient (Wildman–Crippen LogP) is 2.66. The first-order valence-electron chi connectivity index (χ1n) is 8.56. The fourth-order valence-electron chi connectivity index (χ4n) is 3.43. The van der Waals surface area contributed by atoms with Crippen LogP contribution in [0.2, 0.25) is 0 Å². The Kier molecular flexibility index (Phi) is 5.44. The minimum absolute atomic E-state index is 0.344. The van der Waals surface area contributed by atoms with Gasteiger partial charge in [-0.1, -0.05) is 60.2 Å². The first-order chi connectivity index (χ1) is 11.3. The highest BCUT2D eigenvalue weighted by Gasteiger charge is 2.25. The molecule has 3 heteroatoms. The van der Waals surface area contributed by atoms with Gasteiger partial charge in [0.2, 0.25) is 0 Å². The van der Waals surface area contributed by atoms with Gasteiger partial charge >= 0.3 is 0 Å². The molecule has 1 aliphatic rings. The molecule has 1 atom stereocenters. The summed E-state index contributed by atoms with van der Waals surface area (Å²) in [6.45, 7) is 8.29. The number of benzene rings is 2. The average Bonchev–Trinajstić information content (AvgIpc) is 2.60. The third kappa shape index (κ3) is 3.99. The lowest BCUT2D eigenvalue weighted by Crippen LogP contribution is -2.48. The molecule has 0 spiro atoms. The molecule has 1 saturated heterocycles. The molecule has 3 nitrogen and oxygen atoms in total. The van der Waals surface area contributed by atoms with Crippen molar-refractivity contribution in [2.75, 3.05) is 39.3 Å². The van der Waals surface area contributed by atoms with Gasteiger partial charge in [-0.05, 0) is 18.1 Å². The van der Waals surface area contributed by atoms with Gasteiger partial charge < -0.3 is 5.73 Å². The molecule has 2 aromatic carbocycles. The molecular formula is C20H27N3. The van der Waals surface area contributed by atoms with Crippen molar-refractivity contribution in [1.29, 1.82) is 0 Å². The highest BCUT2D eigenvalue weighted by Crippen LogP contribution is 2.29. The molecule has 0 bridgehead atoms. The van der Waals surface area contributed by atoms with E-state index in [4.69, 9.17) is 5.73 Å². The van der Waals surface area contributed by atoms with Gasteiger partial charge in [-0.15, -0.1) is 0 Å². The first-order valence-corrected chi connectivity index (χ1v) is 8.56. The maximum Gasteiger partial charge on any atom is 0.0602 e. The summed E-state index contributed by atoms with van der Waals surface area (Å²) in [6.07, 6.45) is 0. The highest BCUT2D eigenvalue weighted by atomic mass is 15.3. The van der Waals surface area contributed by atoms with Crippen molar-refractivity contribution in [3.05, 3.63) is 71.3 Å².